The Bertz CT molecular complexity index is 1280. The van der Waals surface area contributed by atoms with E-state index in [9.17, 15) is 13.2 Å². The number of aryl methyl sites for hydroxylation is 1. The fourth-order valence-corrected chi connectivity index (χ4v) is 5.74. The summed E-state index contributed by atoms with van der Waals surface area (Å²) >= 11 is 0. The molecule has 34 heavy (non-hydrogen) atoms. The summed E-state index contributed by atoms with van der Waals surface area (Å²) < 4.78 is 31.1. The van der Waals surface area contributed by atoms with E-state index in [4.69, 9.17) is 4.74 Å². The molecule has 0 bridgehead atoms. The van der Waals surface area contributed by atoms with Crippen LogP contribution in [-0.2, 0) is 14.6 Å². The maximum Gasteiger partial charge on any atom is 0.223 e. The van der Waals surface area contributed by atoms with Crippen LogP contribution in [0, 0.1) is 6.92 Å². The van der Waals surface area contributed by atoms with Gasteiger partial charge in [0.05, 0.1) is 17.8 Å². The minimum absolute atomic E-state index is 0.0246. The molecule has 2 aromatic carbocycles. The van der Waals surface area contributed by atoms with Crippen molar-refractivity contribution in [3.05, 3.63) is 60.4 Å². The van der Waals surface area contributed by atoms with Crippen molar-refractivity contribution in [2.75, 3.05) is 37.9 Å². The van der Waals surface area contributed by atoms with Crippen LogP contribution in [0.1, 0.15) is 25.0 Å². The van der Waals surface area contributed by atoms with Gasteiger partial charge < -0.3 is 14.5 Å². The van der Waals surface area contributed by atoms with Crippen LogP contribution in [0.15, 0.2) is 59.6 Å². The summed E-state index contributed by atoms with van der Waals surface area (Å²) in [4.78, 5) is 21.4. The summed E-state index contributed by atoms with van der Waals surface area (Å²) in [5.74, 6) is 0.387. The normalized spacial score (nSPS) is 14.9. The largest absolute Gasteiger partial charge is 0.497 e. The Balaban J connectivity index is 1.34. The van der Waals surface area contributed by atoms with E-state index in [0.717, 1.165) is 53.8 Å². The van der Waals surface area contributed by atoms with Crippen molar-refractivity contribution in [1.82, 2.24) is 9.88 Å². The molecule has 0 aliphatic carbocycles. The number of hydrogen-bond donors (Lipinski definition) is 0. The number of sulfone groups is 1. The van der Waals surface area contributed by atoms with E-state index in [0.29, 0.717) is 0 Å². The number of anilines is 1. The molecule has 2 heterocycles. The van der Waals surface area contributed by atoms with Crippen molar-refractivity contribution in [2.24, 2.45) is 0 Å². The Morgan fingerprint density at radius 2 is 1.79 bits per heavy atom. The third-order valence-corrected chi connectivity index (χ3v) is 8.33. The molecule has 0 spiro atoms. The lowest BCUT2D eigenvalue weighted by Gasteiger charge is -2.38. The molecule has 3 aromatic rings. The van der Waals surface area contributed by atoms with Crippen LogP contribution in [0.2, 0.25) is 0 Å². The number of pyridine rings is 1. The molecule has 0 N–H and O–H groups in total. The van der Waals surface area contributed by atoms with Gasteiger partial charge in [-0.05, 0) is 66.9 Å². The van der Waals surface area contributed by atoms with Gasteiger partial charge in [-0.1, -0.05) is 12.1 Å². The number of rotatable bonds is 7. The van der Waals surface area contributed by atoms with E-state index < -0.39 is 9.84 Å². The van der Waals surface area contributed by atoms with Gasteiger partial charge in [-0.3, -0.25) is 9.78 Å². The summed E-state index contributed by atoms with van der Waals surface area (Å²) in [7, 11) is -0.185. The lowest BCUT2D eigenvalue weighted by atomic mass is 10.0. The Morgan fingerprint density at radius 1 is 1.09 bits per heavy atom. The van der Waals surface area contributed by atoms with Crippen molar-refractivity contribution < 1.29 is 17.9 Å². The Hall–Kier alpha value is -3.13. The molecule has 1 aliphatic rings. The van der Waals surface area contributed by atoms with Crippen LogP contribution in [0.4, 0.5) is 5.69 Å². The monoisotopic (exact) mass is 481 g/mol. The first-order valence-electron chi connectivity index (χ1n) is 11.5. The first kappa shape index (κ1) is 24.0. The molecule has 0 saturated carbocycles. The van der Waals surface area contributed by atoms with Crippen molar-refractivity contribution in [3.8, 4) is 5.75 Å². The van der Waals surface area contributed by atoms with E-state index in [1.54, 1.807) is 43.3 Å². The summed E-state index contributed by atoms with van der Waals surface area (Å²) in [6, 6.07) is 14.7. The molecule has 1 aromatic heterocycles. The maximum absolute atomic E-state index is 12.9. The number of ether oxygens (including phenoxy) is 1. The molecule has 0 unspecified atom stereocenters. The van der Waals surface area contributed by atoms with E-state index in [1.807, 2.05) is 31.3 Å². The van der Waals surface area contributed by atoms with Gasteiger partial charge in [0.15, 0.2) is 9.84 Å². The number of nitrogens with zero attached hydrogens (tertiary/aromatic N) is 3. The minimum Gasteiger partial charge on any atom is -0.497 e. The molecule has 0 radical (unpaired) electrons. The zero-order valence-corrected chi connectivity index (χ0v) is 20.7. The topological polar surface area (TPSA) is 79.8 Å². The number of carbonyl (C=O) groups excluding carboxylic acids is 1. The number of carbonyl (C=O) groups is 1. The average molecular weight is 482 g/mol. The van der Waals surface area contributed by atoms with Gasteiger partial charge in [0.2, 0.25) is 5.91 Å². The standard InChI is InChI=1S/C26H31N3O4S/c1-19-16-23(8-12-27-19)29-13-9-22(10-14-29)28(2)26(30)11-15-34(31,32)25-7-5-20-17-24(33-3)6-4-21(20)18-25/h4-8,12,16-18,22H,9-11,13-15H2,1-3H3. The van der Waals surface area contributed by atoms with Crippen LogP contribution >= 0.6 is 0 Å². The molecule has 1 aliphatic heterocycles. The zero-order chi connectivity index (χ0) is 24.3. The van der Waals surface area contributed by atoms with Crippen molar-refractivity contribution >= 4 is 32.2 Å². The number of aromatic nitrogens is 1. The van der Waals surface area contributed by atoms with Crippen LogP contribution in [0.25, 0.3) is 10.8 Å². The van der Waals surface area contributed by atoms with Gasteiger partial charge in [0.1, 0.15) is 5.75 Å². The predicted molar refractivity (Wildman–Crippen MR) is 134 cm³/mol. The third-order valence-electron chi connectivity index (χ3n) is 6.61. The average Bonchev–Trinajstić information content (AvgIpc) is 2.86. The second-order valence-corrected chi connectivity index (χ2v) is 10.9. The Labute approximate surface area is 201 Å². The lowest BCUT2D eigenvalue weighted by molar-refractivity contribution is -0.131. The number of methoxy groups -OCH3 is 1. The highest BCUT2D eigenvalue weighted by Crippen LogP contribution is 2.25. The number of fused-ring (bicyclic) bond motifs is 1. The zero-order valence-electron chi connectivity index (χ0n) is 19.9. The molecule has 4 rings (SSSR count). The van der Waals surface area contributed by atoms with Gasteiger partial charge in [-0.15, -0.1) is 0 Å². The van der Waals surface area contributed by atoms with E-state index in [2.05, 4.69) is 16.0 Å². The number of amides is 1. The van der Waals surface area contributed by atoms with Crippen molar-refractivity contribution in [1.29, 1.82) is 0 Å². The summed E-state index contributed by atoms with van der Waals surface area (Å²) in [6.07, 6.45) is 3.50. The fraction of sp³-hybridized carbons (Fsp3) is 0.385. The van der Waals surface area contributed by atoms with E-state index in [-0.39, 0.29) is 29.0 Å². The van der Waals surface area contributed by atoms with Crippen LogP contribution < -0.4 is 9.64 Å². The molecule has 8 heteroatoms. The smallest absolute Gasteiger partial charge is 0.223 e. The predicted octanol–water partition coefficient (Wildman–Crippen LogP) is 3.84. The van der Waals surface area contributed by atoms with Crippen molar-refractivity contribution in [2.45, 2.75) is 37.1 Å². The number of piperidine rings is 1. The molecule has 1 amide bonds. The highest BCUT2D eigenvalue weighted by molar-refractivity contribution is 7.91. The first-order chi connectivity index (χ1) is 16.3. The first-order valence-corrected chi connectivity index (χ1v) is 13.2. The molecular weight excluding hydrogens is 450 g/mol. The van der Waals surface area contributed by atoms with Gasteiger partial charge >= 0.3 is 0 Å². The SMILES string of the molecule is COc1ccc2cc(S(=O)(=O)CCC(=O)N(C)C3CCN(c4ccnc(C)c4)CC3)ccc2c1. The Morgan fingerprint density at radius 3 is 2.50 bits per heavy atom. The molecular formula is C26H31N3O4S. The highest BCUT2D eigenvalue weighted by atomic mass is 32.2. The fourth-order valence-electron chi connectivity index (χ4n) is 4.48. The minimum atomic E-state index is -3.57. The molecule has 7 nitrogen and oxygen atoms in total. The quantitative estimate of drug-likeness (QED) is 0.510. The third kappa shape index (κ3) is 5.33. The maximum atomic E-state index is 12.9. The van der Waals surface area contributed by atoms with E-state index >= 15 is 0 Å². The summed E-state index contributed by atoms with van der Waals surface area (Å²) in [5, 5.41) is 1.73. The van der Waals surface area contributed by atoms with Crippen LogP contribution in [-0.4, -0.2) is 63.3 Å². The lowest BCUT2D eigenvalue weighted by Crippen LogP contribution is -2.46. The summed E-state index contributed by atoms with van der Waals surface area (Å²) in [5.41, 5.74) is 2.14. The highest BCUT2D eigenvalue weighted by Gasteiger charge is 2.27. The Kier molecular flexibility index (Phi) is 7.07. The van der Waals surface area contributed by atoms with Gasteiger partial charge in [0.25, 0.3) is 0 Å². The molecule has 180 valence electrons. The summed E-state index contributed by atoms with van der Waals surface area (Å²) in [6.45, 7) is 3.68. The molecule has 1 saturated heterocycles. The van der Waals surface area contributed by atoms with Crippen LogP contribution in [0.3, 0.4) is 0 Å². The van der Waals surface area contributed by atoms with Gasteiger partial charge in [-0.25, -0.2) is 8.42 Å². The molecule has 0 atom stereocenters. The number of hydrogen-bond acceptors (Lipinski definition) is 6. The molecule has 1 fully saturated rings. The van der Waals surface area contributed by atoms with Gasteiger partial charge in [0, 0.05) is 50.2 Å². The van der Waals surface area contributed by atoms with Gasteiger partial charge in [-0.2, -0.15) is 0 Å². The number of benzene rings is 2. The van der Waals surface area contributed by atoms with Crippen LogP contribution in [0.5, 0.6) is 5.75 Å². The van der Waals surface area contributed by atoms with Crippen molar-refractivity contribution in [3.63, 3.8) is 0 Å². The van der Waals surface area contributed by atoms with E-state index in [1.165, 1.54) is 0 Å². The second-order valence-electron chi connectivity index (χ2n) is 8.82. The second kappa shape index (κ2) is 10.0.